The van der Waals surface area contributed by atoms with Gasteiger partial charge >= 0.3 is 0 Å². The average Bonchev–Trinajstić information content (AvgIpc) is 2.77. The fourth-order valence-corrected chi connectivity index (χ4v) is 5.92. The van der Waals surface area contributed by atoms with E-state index in [2.05, 4.69) is 38.2 Å². The molecule has 2 aliphatic rings. The van der Waals surface area contributed by atoms with Gasteiger partial charge in [-0.05, 0) is 55.6 Å². The zero-order chi connectivity index (χ0) is 26.0. The van der Waals surface area contributed by atoms with Crippen LogP contribution in [0, 0.1) is 18.3 Å². The fourth-order valence-electron chi connectivity index (χ4n) is 5.40. The Bertz CT molecular complexity index is 1070. The lowest BCUT2D eigenvalue weighted by Gasteiger charge is -2.44. The molecule has 1 saturated carbocycles. The number of likely N-dealkylation sites (tertiary alicyclic amines) is 1. The summed E-state index contributed by atoms with van der Waals surface area (Å²) in [7, 11) is -3.33. The van der Waals surface area contributed by atoms with E-state index in [9.17, 15) is 18.0 Å². The van der Waals surface area contributed by atoms with Crippen molar-refractivity contribution in [1.29, 1.82) is 0 Å². The number of carbonyl (C=O) groups excluding carboxylic acids is 2. The third-order valence-corrected chi connectivity index (χ3v) is 8.19. The molecule has 0 spiro atoms. The summed E-state index contributed by atoms with van der Waals surface area (Å²) in [5, 5.41) is 3.55. The molecule has 0 aromatic heterocycles. The van der Waals surface area contributed by atoms with Crippen molar-refractivity contribution < 1.29 is 22.4 Å². The maximum absolute atomic E-state index is 15.5. The Morgan fingerprint density at radius 1 is 1.17 bits per heavy atom. The number of carbonyl (C=O) groups is 2. The molecule has 1 heterocycles. The van der Waals surface area contributed by atoms with E-state index in [0.717, 1.165) is 30.9 Å². The molecular weight excluding hydrogens is 467 g/mol. The van der Waals surface area contributed by atoms with Crippen molar-refractivity contribution in [3.63, 3.8) is 0 Å². The predicted molar refractivity (Wildman–Crippen MR) is 136 cm³/mol. The van der Waals surface area contributed by atoms with Gasteiger partial charge in [0, 0.05) is 49.6 Å². The molecule has 1 aromatic rings. The highest BCUT2D eigenvalue weighted by molar-refractivity contribution is 7.93. The predicted octanol–water partition coefficient (Wildman–Crippen LogP) is 4.30. The summed E-state index contributed by atoms with van der Waals surface area (Å²) >= 11 is 0. The number of nitrogens with zero attached hydrogens (tertiary/aromatic N) is 1. The summed E-state index contributed by atoms with van der Waals surface area (Å²) in [6, 6.07) is 7.62. The SMILES string of the molecule is Cc1ccccc1[C@H]1CC(C)(C)CC[C@@H]1C(=O)N1CCC(F)(C(=O)N[C@H](C)/C=C\S(C)(=O)=O)CC1. The molecule has 1 saturated heterocycles. The Kier molecular flexibility index (Phi) is 8.14. The molecule has 1 aliphatic heterocycles. The molecule has 1 N–H and O–H groups in total. The molecule has 0 radical (unpaired) electrons. The van der Waals surface area contributed by atoms with Crippen molar-refractivity contribution >= 4 is 21.7 Å². The highest BCUT2D eigenvalue weighted by Crippen LogP contribution is 2.48. The van der Waals surface area contributed by atoms with E-state index in [4.69, 9.17) is 0 Å². The molecule has 1 aromatic carbocycles. The van der Waals surface area contributed by atoms with Crippen molar-refractivity contribution in [3.05, 3.63) is 46.9 Å². The fraction of sp³-hybridized carbons (Fsp3) is 0.630. The molecule has 1 aliphatic carbocycles. The summed E-state index contributed by atoms with van der Waals surface area (Å²) < 4.78 is 38.0. The van der Waals surface area contributed by atoms with Gasteiger partial charge in [0.25, 0.3) is 5.91 Å². The van der Waals surface area contributed by atoms with Crippen LogP contribution in [0.5, 0.6) is 0 Å². The van der Waals surface area contributed by atoms with Crippen LogP contribution in [0.15, 0.2) is 35.7 Å². The molecule has 2 fully saturated rings. The molecule has 0 bridgehead atoms. The van der Waals surface area contributed by atoms with Gasteiger partial charge in [0.2, 0.25) is 5.91 Å². The van der Waals surface area contributed by atoms with E-state index in [1.165, 1.54) is 17.2 Å². The van der Waals surface area contributed by atoms with Crippen LogP contribution in [0.1, 0.15) is 69.9 Å². The first-order valence-electron chi connectivity index (χ1n) is 12.4. The van der Waals surface area contributed by atoms with Crippen molar-refractivity contribution in [1.82, 2.24) is 10.2 Å². The number of sulfone groups is 1. The van der Waals surface area contributed by atoms with E-state index in [0.29, 0.717) is 0 Å². The van der Waals surface area contributed by atoms with E-state index >= 15 is 4.39 Å². The Morgan fingerprint density at radius 2 is 1.80 bits per heavy atom. The topological polar surface area (TPSA) is 83.6 Å². The van der Waals surface area contributed by atoms with Crippen LogP contribution in [-0.4, -0.2) is 56.2 Å². The van der Waals surface area contributed by atoms with Crippen LogP contribution in [0.2, 0.25) is 0 Å². The van der Waals surface area contributed by atoms with Gasteiger partial charge in [-0.25, -0.2) is 12.8 Å². The largest absolute Gasteiger partial charge is 0.347 e. The average molecular weight is 507 g/mol. The second-order valence-corrected chi connectivity index (χ2v) is 13.1. The lowest BCUT2D eigenvalue weighted by atomic mass is 9.64. The van der Waals surface area contributed by atoms with Crippen LogP contribution in [0.25, 0.3) is 0 Å². The van der Waals surface area contributed by atoms with Gasteiger partial charge < -0.3 is 10.2 Å². The van der Waals surface area contributed by atoms with Crippen LogP contribution in [0.3, 0.4) is 0 Å². The second-order valence-electron chi connectivity index (χ2n) is 11.2. The molecule has 2 amide bonds. The normalized spacial score (nSPS) is 25.3. The summed E-state index contributed by atoms with van der Waals surface area (Å²) in [6.07, 6.45) is 4.93. The first-order valence-corrected chi connectivity index (χ1v) is 14.4. The van der Waals surface area contributed by atoms with Gasteiger partial charge in [0.05, 0.1) is 0 Å². The Morgan fingerprint density at radius 3 is 2.40 bits per heavy atom. The third kappa shape index (κ3) is 6.93. The molecule has 8 heteroatoms. The number of nitrogens with one attached hydrogen (secondary N) is 1. The number of piperidine rings is 1. The quantitative estimate of drug-likeness (QED) is 0.624. The van der Waals surface area contributed by atoms with Gasteiger partial charge in [0.1, 0.15) is 0 Å². The summed E-state index contributed by atoms with van der Waals surface area (Å²) in [6.45, 7) is 8.57. The number of benzene rings is 1. The van der Waals surface area contributed by atoms with Gasteiger partial charge in [-0.3, -0.25) is 9.59 Å². The standard InChI is InChI=1S/C27H39FN2O4S/c1-19-8-6-7-9-21(19)23-18-26(3,4)12-10-22(23)24(31)30-15-13-27(28,14-16-30)25(32)29-20(2)11-17-35(5,33)34/h6-9,11,17,20,22-23H,10,12-16,18H2,1-5H3,(H,29,32)/b17-11-/t20-,22+,23-/m1/s1. The maximum Gasteiger partial charge on any atom is 0.258 e. The first-order chi connectivity index (χ1) is 16.2. The number of alkyl halides is 1. The van der Waals surface area contributed by atoms with Crippen molar-refractivity contribution in [2.45, 2.75) is 77.4 Å². The molecule has 6 nitrogen and oxygen atoms in total. The van der Waals surface area contributed by atoms with Gasteiger partial charge in [-0.15, -0.1) is 0 Å². The minimum atomic E-state index is -3.33. The molecule has 3 rings (SSSR count). The summed E-state index contributed by atoms with van der Waals surface area (Å²) in [4.78, 5) is 28.0. The molecule has 0 unspecified atom stereocenters. The number of rotatable bonds is 6. The van der Waals surface area contributed by atoms with E-state index in [1.807, 2.05) is 12.1 Å². The van der Waals surface area contributed by atoms with E-state index in [1.54, 1.807) is 11.8 Å². The van der Waals surface area contributed by atoms with Crippen LogP contribution < -0.4 is 5.32 Å². The molecular formula is C27H39FN2O4S. The Hall–Kier alpha value is -2.22. The van der Waals surface area contributed by atoms with Crippen LogP contribution >= 0.6 is 0 Å². The zero-order valence-electron chi connectivity index (χ0n) is 21.5. The summed E-state index contributed by atoms with van der Waals surface area (Å²) in [5.41, 5.74) is 0.477. The minimum absolute atomic E-state index is 0.0562. The third-order valence-electron chi connectivity index (χ3n) is 7.54. The lowest BCUT2D eigenvalue weighted by molar-refractivity contribution is -0.146. The maximum atomic E-state index is 15.5. The van der Waals surface area contributed by atoms with Crippen LogP contribution in [-0.2, 0) is 19.4 Å². The highest BCUT2D eigenvalue weighted by atomic mass is 32.2. The molecule has 35 heavy (non-hydrogen) atoms. The molecule has 3 atom stereocenters. The smallest absolute Gasteiger partial charge is 0.258 e. The van der Waals surface area contributed by atoms with Gasteiger partial charge in [-0.1, -0.05) is 44.2 Å². The lowest BCUT2D eigenvalue weighted by Crippen LogP contribution is -2.54. The second kappa shape index (κ2) is 10.4. The van der Waals surface area contributed by atoms with Gasteiger partial charge in [0.15, 0.2) is 15.5 Å². The number of halogens is 1. The monoisotopic (exact) mass is 506 g/mol. The Balaban J connectivity index is 1.67. The van der Waals surface area contributed by atoms with Crippen LogP contribution in [0.4, 0.5) is 4.39 Å². The van der Waals surface area contributed by atoms with E-state index < -0.39 is 27.5 Å². The minimum Gasteiger partial charge on any atom is -0.347 e. The zero-order valence-corrected chi connectivity index (χ0v) is 22.3. The number of amides is 2. The highest BCUT2D eigenvalue weighted by Gasteiger charge is 2.46. The number of hydrogen-bond acceptors (Lipinski definition) is 4. The van der Waals surface area contributed by atoms with Crippen molar-refractivity contribution in [3.8, 4) is 0 Å². The van der Waals surface area contributed by atoms with Crippen molar-refractivity contribution in [2.75, 3.05) is 19.3 Å². The Labute approximate surface area is 209 Å². The number of aryl methyl sites for hydroxylation is 1. The molecule has 194 valence electrons. The number of hydrogen-bond donors (Lipinski definition) is 1. The van der Waals surface area contributed by atoms with E-state index in [-0.39, 0.29) is 49.1 Å². The van der Waals surface area contributed by atoms with Gasteiger partial charge in [-0.2, -0.15) is 0 Å². The first kappa shape index (κ1) is 27.4. The van der Waals surface area contributed by atoms with Crippen molar-refractivity contribution in [2.24, 2.45) is 11.3 Å². The summed E-state index contributed by atoms with van der Waals surface area (Å²) in [5.74, 6) is -0.727.